The lowest BCUT2D eigenvalue weighted by atomic mass is 10.2. The van der Waals surface area contributed by atoms with Crippen molar-refractivity contribution >= 4 is 17.5 Å². The zero-order valence-corrected chi connectivity index (χ0v) is 15.1. The number of nitrogens with zero attached hydrogens (tertiary/aromatic N) is 3. The molecule has 8 heteroatoms. The van der Waals surface area contributed by atoms with E-state index in [0.29, 0.717) is 29.8 Å². The average molecular weight is 367 g/mol. The lowest BCUT2D eigenvalue weighted by Crippen LogP contribution is -2.10. The molecular weight excluding hydrogens is 346 g/mol. The number of nitrogens with one attached hydrogen (secondary N) is 2. The van der Waals surface area contributed by atoms with Crippen molar-refractivity contribution in [2.45, 2.75) is 0 Å². The first-order valence-corrected chi connectivity index (χ1v) is 8.36. The van der Waals surface area contributed by atoms with E-state index in [1.165, 1.54) is 0 Å². The van der Waals surface area contributed by atoms with E-state index >= 15 is 0 Å². The molecular formula is C19H21N5O3. The molecule has 0 bridgehead atoms. The Labute approximate surface area is 157 Å². The Morgan fingerprint density at radius 1 is 1.00 bits per heavy atom. The van der Waals surface area contributed by atoms with Crippen molar-refractivity contribution in [2.75, 3.05) is 38.0 Å². The van der Waals surface area contributed by atoms with Crippen LogP contribution in [0.1, 0.15) is 0 Å². The number of hydrogen-bond donors (Lipinski definition) is 3. The molecule has 2 heterocycles. The first-order chi connectivity index (χ1) is 13.2. The van der Waals surface area contributed by atoms with E-state index in [4.69, 9.17) is 14.6 Å². The normalized spacial score (nSPS) is 10.3. The average Bonchev–Trinajstić information content (AvgIpc) is 2.73. The molecule has 8 nitrogen and oxygen atoms in total. The number of methoxy groups -OCH3 is 2. The van der Waals surface area contributed by atoms with Gasteiger partial charge in [0.25, 0.3) is 0 Å². The predicted octanol–water partition coefficient (Wildman–Crippen LogP) is 2.70. The van der Waals surface area contributed by atoms with Crippen LogP contribution < -0.4 is 20.1 Å². The fraction of sp³-hybridized carbons (Fsp3) is 0.211. The first kappa shape index (κ1) is 18.4. The number of aliphatic hydroxyl groups excluding tert-OH is 1. The van der Waals surface area contributed by atoms with Crippen molar-refractivity contribution in [2.24, 2.45) is 0 Å². The van der Waals surface area contributed by atoms with E-state index in [-0.39, 0.29) is 6.61 Å². The molecule has 0 saturated carbocycles. The van der Waals surface area contributed by atoms with Gasteiger partial charge in [-0.1, -0.05) is 0 Å². The Hall–Kier alpha value is -3.39. The van der Waals surface area contributed by atoms with E-state index in [2.05, 4.69) is 25.6 Å². The molecule has 0 amide bonds. The molecule has 0 aliphatic carbocycles. The van der Waals surface area contributed by atoms with E-state index in [1.807, 2.05) is 30.3 Å². The highest BCUT2D eigenvalue weighted by atomic mass is 16.5. The number of benzene rings is 1. The van der Waals surface area contributed by atoms with Crippen LogP contribution in [0.2, 0.25) is 0 Å². The molecule has 140 valence electrons. The summed E-state index contributed by atoms with van der Waals surface area (Å²) in [5, 5.41) is 15.3. The second-order valence-corrected chi connectivity index (χ2v) is 5.54. The highest BCUT2D eigenvalue weighted by molar-refractivity contribution is 5.70. The molecule has 3 N–H and O–H groups in total. The summed E-state index contributed by atoms with van der Waals surface area (Å²) in [6, 6.07) is 11.1. The molecule has 2 aromatic heterocycles. The van der Waals surface area contributed by atoms with Gasteiger partial charge in [0.05, 0.1) is 32.2 Å². The van der Waals surface area contributed by atoms with Crippen molar-refractivity contribution in [3.05, 3.63) is 48.8 Å². The minimum atomic E-state index is -0.0160. The Morgan fingerprint density at radius 3 is 2.52 bits per heavy atom. The summed E-state index contributed by atoms with van der Waals surface area (Å²) in [6.07, 6.45) is 3.41. The summed E-state index contributed by atoms with van der Waals surface area (Å²) in [7, 11) is 3.20. The molecule has 27 heavy (non-hydrogen) atoms. The van der Waals surface area contributed by atoms with Gasteiger partial charge in [0, 0.05) is 36.6 Å². The maximum atomic E-state index is 9.07. The number of aromatic nitrogens is 3. The van der Waals surface area contributed by atoms with Crippen LogP contribution in [0.5, 0.6) is 11.5 Å². The summed E-state index contributed by atoms with van der Waals surface area (Å²) in [5.41, 5.74) is 2.37. The van der Waals surface area contributed by atoms with Gasteiger partial charge in [-0.05, 0) is 24.3 Å². The zero-order valence-electron chi connectivity index (χ0n) is 15.1. The standard InChI is InChI=1S/C19H21N5O3/c1-26-14-3-4-15(17(11-14)27-2)22-18-12-16(13-5-7-20-8-6-13)23-19(24-18)21-9-10-25/h3-8,11-12,25H,9-10H2,1-2H3,(H2,21,22,23,24). The van der Waals surface area contributed by atoms with Gasteiger partial charge in [0.1, 0.15) is 17.3 Å². The highest BCUT2D eigenvalue weighted by Crippen LogP contribution is 2.32. The fourth-order valence-corrected chi connectivity index (χ4v) is 2.47. The lowest BCUT2D eigenvalue weighted by molar-refractivity contribution is 0.311. The van der Waals surface area contributed by atoms with Gasteiger partial charge >= 0.3 is 0 Å². The molecule has 0 spiro atoms. The first-order valence-electron chi connectivity index (χ1n) is 8.36. The summed E-state index contributed by atoms with van der Waals surface area (Å²) in [5.74, 6) is 2.32. The Bertz CT molecular complexity index is 890. The Balaban J connectivity index is 1.97. The smallest absolute Gasteiger partial charge is 0.225 e. The second kappa shape index (κ2) is 8.81. The maximum absolute atomic E-state index is 9.07. The van der Waals surface area contributed by atoms with Crippen molar-refractivity contribution in [1.29, 1.82) is 0 Å². The zero-order chi connectivity index (χ0) is 19.1. The SMILES string of the molecule is COc1ccc(Nc2cc(-c3ccncc3)nc(NCCO)n2)c(OC)c1. The molecule has 0 saturated heterocycles. The van der Waals surface area contributed by atoms with Crippen molar-refractivity contribution in [3.63, 3.8) is 0 Å². The van der Waals surface area contributed by atoms with Gasteiger partial charge in [0.2, 0.25) is 5.95 Å². The number of hydrogen-bond acceptors (Lipinski definition) is 8. The van der Waals surface area contributed by atoms with Gasteiger partial charge in [-0.2, -0.15) is 4.98 Å². The second-order valence-electron chi connectivity index (χ2n) is 5.54. The van der Waals surface area contributed by atoms with Crippen LogP contribution in [-0.2, 0) is 0 Å². The number of aliphatic hydroxyl groups is 1. The highest BCUT2D eigenvalue weighted by Gasteiger charge is 2.10. The van der Waals surface area contributed by atoms with Gasteiger partial charge in [-0.25, -0.2) is 4.98 Å². The van der Waals surface area contributed by atoms with Crippen molar-refractivity contribution in [3.8, 4) is 22.8 Å². The van der Waals surface area contributed by atoms with Crippen LogP contribution in [0.3, 0.4) is 0 Å². The Morgan fingerprint density at radius 2 is 1.81 bits per heavy atom. The quantitative estimate of drug-likeness (QED) is 0.559. The molecule has 0 radical (unpaired) electrons. The molecule has 3 rings (SSSR count). The van der Waals surface area contributed by atoms with Crippen LogP contribution in [0.15, 0.2) is 48.8 Å². The third-order valence-electron chi connectivity index (χ3n) is 3.77. The van der Waals surface area contributed by atoms with Crippen LogP contribution in [0.4, 0.5) is 17.5 Å². The third kappa shape index (κ3) is 4.62. The van der Waals surface area contributed by atoms with Crippen LogP contribution >= 0.6 is 0 Å². The van der Waals surface area contributed by atoms with Crippen LogP contribution in [0, 0.1) is 0 Å². The van der Waals surface area contributed by atoms with E-state index in [9.17, 15) is 0 Å². The van der Waals surface area contributed by atoms with E-state index in [1.54, 1.807) is 32.7 Å². The molecule has 0 aliphatic rings. The summed E-state index contributed by atoms with van der Waals surface area (Å²) < 4.78 is 10.7. The fourth-order valence-electron chi connectivity index (χ4n) is 2.47. The third-order valence-corrected chi connectivity index (χ3v) is 3.77. The van der Waals surface area contributed by atoms with E-state index < -0.39 is 0 Å². The predicted molar refractivity (Wildman–Crippen MR) is 104 cm³/mol. The molecule has 0 atom stereocenters. The number of ether oxygens (including phenoxy) is 2. The summed E-state index contributed by atoms with van der Waals surface area (Å²) >= 11 is 0. The van der Waals surface area contributed by atoms with Gasteiger partial charge in [-0.3, -0.25) is 4.98 Å². The largest absolute Gasteiger partial charge is 0.497 e. The minimum Gasteiger partial charge on any atom is -0.497 e. The maximum Gasteiger partial charge on any atom is 0.225 e. The van der Waals surface area contributed by atoms with Gasteiger partial charge in [-0.15, -0.1) is 0 Å². The number of pyridine rings is 1. The molecule has 3 aromatic rings. The molecule has 0 unspecified atom stereocenters. The van der Waals surface area contributed by atoms with Crippen LogP contribution in [0.25, 0.3) is 11.3 Å². The van der Waals surface area contributed by atoms with Gasteiger partial charge in [0.15, 0.2) is 0 Å². The topological polar surface area (TPSA) is 101 Å². The monoisotopic (exact) mass is 367 g/mol. The Kier molecular flexibility index (Phi) is 6.01. The molecule has 1 aromatic carbocycles. The van der Waals surface area contributed by atoms with Crippen molar-refractivity contribution < 1.29 is 14.6 Å². The molecule has 0 fully saturated rings. The summed E-state index contributed by atoms with van der Waals surface area (Å²) in [4.78, 5) is 13.0. The molecule has 0 aliphatic heterocycles. The van der Waals surface area contributed by atoms with Crippen LogP contribution in [-0.4, -0.2) is 47.4 Å². The lowest BCUT2D eigenvalue weighted by Gasteiger charge is -2.14. The van der Waals surface area contributed by atoms with Crippen molar-refractivity contribution in [1.82, 2.24) is 15.0 Å². The summed E-state index contributed by atoms with van der Waals surface area (Å²) in [6.45, 7) is 0.336. The number of anilines is 3. The number of rotatable bonds is 8. The van der Waals surface area contributed by atoms with E-state index in [0.717, 1.165) is 16.9 Å². The minimum absolute atomic E-state index is 0.0160. The van der Waals surface area contributed by atoms with Gasteiger partial charge < -0.3 is 25.2 Å².